The summed E-state index contributed by atoms with van der Waals surface area (Å²) in [6.07, 6.45) is 1.47. The lowest BCUT2D eigenvalue weighted by Crippen LogP contribution is -2.49. The highest BCUT2D eigenvalue weighted by atomic mass is 16.6. The summed E-state index contributed by atoms with van der Waals surface area (Å²) < 4.78 is 0. The van der Waals surface area contributed by atoms with Crippen molar-refractivity contribution in [1.29, 1.82) is 0 Å². The van der Waals surface area contributed by atoms with E-state index in [1.54, 1.807) is 26.0 Å². The zero-order chi connectivity index (χ0) is 16.5. The normalized spacial score (nSPS) is 29.1. The maximum Gasteiger partial charge on any atom is 0.220 e. The van der Waals surface area contributed by atoms with Crippen molar-refractivity contribution in [2.24, 2.45) is 23.7 Å². The number of rotatable bonds is 4. The standard InChI is InChI=1S/C18H25NO3/c1-12-10-15(17(20)14-8-6-5-7-9-14)16(11-13(12)2)18(3,4)19(21)22/h5-9,12-13,15-16H,10-11H2,1-4H3. The van der Waals surface area contributed by atoms with Crippen LogP contribution in [-0.2, 0) is 0 Å². The third-order valence-corrected chi connectivity index (χ3v) is 5.48. The Morgan fingerprint density at radius 1 is 1.14 bits per heavy atom. The minimum absolute atomic E-state index is 0.0549. The van der Waals surface area contributed by atoms with Gasteiger partial charge in [-0.25, -0.2) is 0 Å². The Balaban J connectivity index is 2.36. The number of carbonyl (C=O) groups excluding carboxylic acids is 1. The predicted molar refractivity (Wildman–Crippen MR) is 86.4 cm³/mol. The smallest absolute Gasteiger partial charge is 0.220 e. The largest absolute Gasteiger partial charge is 0.294 e. The van der Waals surface area contributed by atoms with E-state index in [0.29, 0.717) is 17.4 Å². The molecule has 0 heterocycles. The van der Waals surface area contributed by atoms with Crippen molar-refractivity contribution >= 4 is 5.78 Å². The Morgan fingerprint density at radius 3 is 2.23 bits per heavy atom. The van der Waals surface area contributed by atoms with E-state index in [2.05, 4.69) is 13.8 Å². The molecule has 1 saturated carbocycles. The van der Waals surface area contributed by atoms with E-state index in [9.17, 15) is 14.9 Å². The number of hydrogen-bond donors (Lipinski definition) is 0. The minimum Gasteiger partial charge on any atom is -0.294 e. The lowest BCUT2D eigenvalue weighted by molar-refractivity contribution is -0.574. The fraction of sp³-hybridized carbons (Fsp3) is 0.611. The van der Waals surface area contributed by atoms with Gasteiger partial charge in [0.05, 0.1) is 0 Å². The van der Waals surface area contributed by atoms with Gasteiger partial charge in [-0.05, 0) is 24.7 Å². The molecule has 0 bridgehead atoms. The fourth-order valence-corrected chi connectivity index (χ4v) is 3.62. The molecule has 1 aliphatic carbocycles. The number of Topliss-reactive ketones (excluding diaryl/α,β-unsaturated/α-hetero) is 1. The average Bonchev–Trinajstić information content (AvgIpc) is 2.49. The first kappa shape index (κ1) is 16.7. The molecule has 1 fully saturated rings. The summed E-state index contributed by atoms with van der Waals surface area (Å²) in [6.45, 7) is 7.60. The number of carbonyl (C=O) groups is 1. The maximum atomic E-state index is 12.9. The number of nitro groups is 1. The van der Waals surface area contributed by atoms with Crippen LogP contribution in [0.3, 0.4) is 0 Å². The molecule has 0 saturated heterocycles. The summed E-state index contributed by atoms with van der Waals surface area (Å²) in [5, 5.41) is 11.5. The van der Waals surface area contributed by atoms with Crippen molar-refractivity contribution in [3.05, 3.63) is 46.0 Å². The molecule has 1 aromatic rings. The Bertz CT molecular complexity index is 553. The Kier molecular flexibility index (Phi) is 4.69. The highest BCUT2D eigenvalue weighted by Gasteiger charge is 2.50. The highest BCUT2D eigenvalue weighted by Crippen LogP contribution is 2.45. The molecule has 120 valence electrons. The van der Waals surface area contributed by atoms with Crippen LogP contribution in [-0.4, -0.2) is 16.2 Å². The first-order chi connectivity index (χ1) is 10.2. The lowest BCUT2D eigenvalue weighted by Gasteiger charge is -2.41. The van der Waals surface area contributed by atoms with Gasteiger partial charge in [0.15, 0.2) is 5.78 Å². The van der Waals surface area contributed by atoms with Crippen LogP contribution >= 0.6 is 0 Å². The van der Waals surface area contributed by atoms with Crippen LogP contribution < -0.4 is 0 Å². The van der Waals surface area contributed by atoms with Gasteiger partial charge in [-0.1, -0.05) is 44.2 Å². The Labute approximate surface area is 132 Å². The van der Waals surface area contributed by atoms with Gasteiger partial charge < -0.3 is 0 Å². The number of ketones is 1. The topological polar surface area (TPSA) is 60.2 Å². The van der Waals surface area contributed by atoms with Crippen molar-refractivity contribution in [2.45, 2.75) is 46.1 Å². The van der Waals surface area contributed by atoms with Crippen LogP contribution in [0.2, 0.25) is 0 Å². The zero-order valence-corrected chi connectivity index (χ0v) is 13.8. The van der Waals surface area contributed by atoms with E-state index in [1.807, 2.05) is 18.2 Å². The minimum atomic E-state index is -1.08. The van der Waals surface area contributed by atoms with E-state index >= 15 is 0 Å². The SMILES string of the molecule is CC1CC(C(=O)c2ccccc2)C(C(C)(C)[N+](=O)[O-])CC1C. The predicted octanol–water partition coefficient (Wildman–Crippen LogP) is 4.22. The van der Waals surface area contributed by atoms with Crippen LogP contribution in [0.15, 0.2) is 30.3 Å². The molecule has 0 N–H and O–H groups in total. The molecule has 4 heteroatoms. The molecule has 0 amide bonds. The summed E-state index contributed by atoms with van der Waals surface area (Å²) in [6, 6.07) is 9.18. The average molecular weight is 303 g/mol. The third kappa shape index (κ3) is 3.06. The molecule has 2 rings (SSSR count). The molecule has 4 nitrogen and oxygen atoms in total. The molecule has 1 aliphatic rings. The first-order valence-electron chi connectivity index (χ1n) is 7.99. The van der Waals surface area contributed by atoms with Crippen molar-refractivity contribution in [3.63, 3.8) is 0 Å². The fourth-order valence-electron chi connectivity index (χ4n) is 3.62. The van der Waals surface area contributed by atoms with Gasteiger partial charge >= 0.3 is 0 Å². The van der Waals surface area contributed by atoms with Crippen molar-refractivity contribution in [2.75, 3.05) is 0 Å². The number of nitrogens with zero attached hydrogens (tertiary/aromatic N) is 1. The van der Waals surface area contributed by atoms with E-state index in [1.165, 1.54) is 0 Å². The monoisotopic (exact) mass is 303 g/mol. The second-order valence-corrected chi connectivity index (χ2v) is 7.28. The second-order valence-electron chi connectivity index (χ2n) is 7.28. The van der Waals surface area contributed by atoms with E-state index in [4.69, 9.17) is 0 Å². The lowest BCUT2D eigenvalue weighted by atomic mass is 9.62. The zero-order valence-electron chi connectivity index (χ0n) is 13.8. The van der Waals surface area contributed by atoms with Crippen LogP contribution in [0, 0.1) is 33.8 Å². The first-order valence-corrected chi connectivity index (χ1v) is 7.99. The van der Waals surface area contributed by atoms with E-state index in [0.717, 1.165) is 12.8 Å². The summed E-state index contributed by atoms with van der Waals surface area (Å²) in [5.74, 6) is 0.384. The maximum absolute atomic E-state index is 12.9. The second kappa shape index (κ2) is 6.19. The van der Waals surface area contributed by atoms with Crippen molar-refractivity contribution in [1.82, 2.24) is 0 Å². The van der Waals surface area contributed by atoms with Gasteiger partial charge in [0.1, 0.15) is 0 Å². The van der Waals surface area contributed by atoms with Crippen LogP contribution in [0.25, 0.3) is 0 Å². The molecule has 4 unspecified atom stereocenters. The van der Waals surface area contributed by atoms with Gasteiger partial charge in [-0.2, -0.15) is 0 Å². The molecular formula is C18H25NO3. The van der Waals surface area contributed by atoms with E-state index in [-0.39, 0.29) is 22.5 Å². The van der Waals surface area contributed by atoms with Crippen molar-refractivity contribution < 1.29 is 9.72 Å². The number of benzene rings is 1. The molecule has 0 radical (unpaired) electrons. The van der Waals surface area contributed by atoms with Crippen LogP contribution in [0.1, 0.15) is 50.9 Å². The molecule has 0 spiro atoms. The van der Waals surface area contributed by atoms with Gasteiger partial charge in [-0.15, -0.1) is 0 Å². The summed E-state index contributed by atoms with van der Waals surface area (Å²) in [7, 11) is 0. The quantitative estimate of drug-likeness (QED) is 0.475. The molecule has 0 aromatic heterocycles. The van der Waals surface area contributed by atoms with Crippen LogP contribution in [0.5, 0.6) is 0 Å². The van der Waals surface area contributed by atoms with Gasteiger partial charge in [0, 0.05) is 36.2 Å². The Morgan fingerprint density at radius 2 is 1.68 bits per heavy atom. The third-order valence-electron chi connectivity index (χ3n) is 5.48. The van der Waals surface area contributed by atoms with Crippen LogP contribution in [0.4, 0.5) is 0 Å². The number of hydrogen-bond acceptors (Lipinski definition) is 3. The van der Waals surface area contributed by atoms with Gasteiger partial charge in [0.25, 0.3) is 0 Å². The Hall–Kier alpha value is -1.71. The molecular weight excluding hydrogens is 278 g/mol. The molecule has 22 heavy (non-hydrogen) atoms. The summed E-state index contributed by atoms with van der Waals surface area (Å²) in [5.41, 5.74) is -0.415. The molecule has 1 aromatic carbocycles. The summed E-state index contributed by atoms with van der Waals surface area (Å²) >= 11 is 0. The molecule has 0 aliphatic heterocycles. The molecule has 4 atom stereocenters. The highest BCUT2D eigenvalue weighted by molar-refractivity contribution is 5.98. The van der Waals surface area contributed by atoms with Gasteiger partial charge in [0.2, 0.25) is 5.54 Å². The van der Waals surface area contributed by atoms with E-state index < -0.39 is 5.54 Å². The van der Waals surface area contributed by atoms with Gasteiger partial charge in [-0.3, -0.25) is 14.9 Å². The van der Waals surface area contributed by atoms with Crippen molar-refractivity contribution in [3.8, 4) is 0 Å². The summed E-state index contributed by atoms with van der Waals surface area (Å²) in [4.78, 5) is 24.2.